The van der Waals surface area contributed by atoms with Crippen LogP contribution in [0.5, 0.6) is 0 Å². The number of aromatic nitrogens is 3. The Bertz CT molecular complexity index is 904. The number of benzene rings is 1. The summed E-state index contributed by atoms with van der Waals surface area (Å²) in [5.41, 5.74) is 3.69. The highest BCUT2D eigenvalue weighted by Crippen LogP contribution is 2.27. The van der Waals surface area contributed by atoms with Crippen LogP contribution in [0.1, 0.15) is 12.0 Å². The Labute approximate surface area is 133 Å². The summed E-state index contributed by atoms with van der Waals surface area (Å²) in [5.74, 6) is 1.41. The Hall–Kier alpha value is -2.40. The Morgan fingerprint density at radius 3 is 3.04 bits per heavy atom. The maximum absolute atomic E-state index is 11.6. The predicted molar refractivity (Wildman–Crippen MR) is 89.5 cm³/mol. The molecule has 3 heterocycles. The van der Waals surface area contributed by atoms with E-state index in [1.54, 1.807) is 6.20 Å². The molecule has 1 aliphatic rings. The second-order valence-corrected chi connectivity index (χ2v) is 6.16. The van der Waals surface area contributed by atoms with Gasteiger partial charge in [0.2, 0.25) is 0 Å². The lowest BCUT2D eigenvalue weighted by atomic mass is 10.1. The fourth-order valence-corrected chi connectivity index (χ4v) is 3.19. The first kappa shape index (κ1) is 14.2. The van der Waals surface area contributed by atoms with Crippen LogP contribution in [-0.4, -0.2) is 27.7 Å². The fraction of sp³-hybridized carbons (Fsp3) is 0.333. The van der Waals surface area contributed by atoms with E-state index in [0.29, 0.717) is 11.5 Å². The Morgan fingerprint density at radius 2 is 2.26 bits per heavy atom. The maximum atomic E-state index is 11.6. The topological polar surface area (TPSA) is 59.9 Å². The van der Waals surface area contributed by atoms with E-state index < -0.39 is 0 Å². The van der Waals surface area contributed by atoms with E-state index in [2.05, 4.69) is 15.6 Å². The minimum Gasteiger partial charge on any atom is -0.381 e. The second-order valence-electron chi connectivity index (χ2n) is 6.16. The van der Waals surface area contributed by atoms with Gasteiger partial charge in [0.05, 0.1) is 17.6 Å². The fourth-order valence-electron chi connectivity index (χ4n) is 3.19. The molecule has 0 radical (unpaired) electrons. The number of aryl methyl sites for hydroxylation is 1. The van der Waals surface area contributed by atoms with Crippen LogP contribution in [0.3, 0.4) is 0 Å². The number of nitrogens with zero attached hydrogens (tertiary/aromatic N) is 2. The number of hydrogen-bond acceptors (Lipinski definition) is 3. The molecule has 0 spiro atoms. The van der Waals surface area contributed by atoms with Crippen LogP contribution in [-0.2, 0) is 11.3 Å². The summed E-state index contributed by atoms with van der Waals surface area (Å²) in [6, 6.07) is 10.1. The summed E-state index contributed by atoms with van der Waals surface area (Å²) >= 11 is 0. The number of ether oxygens (including phenoxy) is 1. The van der Waals surface area contributed by atoms with Gasteiger partial charge < -0.3 is 14.3 Å². The van der Waals surface area contributed by atoms with Gasteiger partial charge in [-0.2, -0.15) is 0 Å². The van der Waals surface area contributed by atoms with E-state index in [1.807, 2.05) is 31.2 Å². The highest BCUT2D eigenvalue weighted by molar-refractivity contribution is 5.80. The third-order valence-corrected chi connectivity index (χ3v) is 4.47. The Morgan fingerprint density at radius 1 is 1.39 bits per heavy atom. The molecule has 0 bridgehead atoms. The van der Waals surface area contributed by atoms with E-state index in [9.17, 15) is 4.79 Å². The molecule has 4 rings (SSSR count). The summed E-state index contributed by atoms with van der Waals surface area (Å²) in [6.07, 6.45) is 2.83. The number of imidazole rings is 1. The Balaban J connectivity index is 1.86. The molecule has 1 fully saturated rings. The third kappa shape index (κ3) is 2.57. The van der Waals surface area contributed by atoms with Crippen LogP contribution < -0.4 is 5.56 Å². The molecule has 1 aliphatic heterocycles. The van der Waals surface area contributed by atoms with Crippen LogP contribution in [0, 0.1) is 12.8 Å². The molecule has 2 aromatic heterocycles. The van der Waals surface area contributed by atoms with Gasteiger partial charge in [0.15, 0.2) is 0 Å². The second kappa shape index (κ2) is 5.66. The first-order valence-electron chi connectivity index (χ1n) is 7.95. The van der Waals surface area contributed by atoms with Crippen LogP contribution in [0.2, 0.25) is 0 Å². The van der Waals surface area contributed by atoms with Crippen molar-refractivity contribution >= 4 is 11.0 Å². The van der Waals surface area contributed by atoms with Gasteiger partial charge in [0.1, 0.15) is 5.82 Å². The minimum absolute atomic E-state index is 0.0550. The minimum atomic E-state index is -0.0550. The van der Waals surface area contributed by atoms with Crippen molar-refractivity contribution in [3.63, 3.8) is 0 Å². The van der Waals surface area contributed by atoms with Gasteiger partial charge in [-0.25, -0.2) is 4.98 Å². The zero-order valence-corrected chi connectivity index (χ0v) is 13.1. The normalized spacial score (nSPS) is 17.9. The molecule has 1 aromatic carbocycles. The number of rotatable bonds is 3. The average molecular weight is 309 g/mol. The van der Waals surface area contributed by atoms with Crippen molar-refractivity contribution in [2.45, 2.75) is 19.9 Å². The number of para-hydroxylation sites is 2. The van der Waals surface area contributed by atoms with Gasteiger partial charge in [-0.05, 0) is 31.5 Å². The van der Waals surface area contributed by atoms with Crippen LogP contribution in [0.25, 0.3) is 22.4 Å². The SMILES string of the molecule is Cc1cc(-c2nc3ccccc3n2CC2CCOC2)c[nH]c1=O. The van der Waals surface area contributed by atoms with Crippen molar-refractivity contribution in [3.05, 3.63) is 52.4 Å². The molecule has 1 atom stereocenters. The summed E-state index contributed by atoms with van der Waals surface area (Å²) in [7, 11) is 0. The van der Waals surface area contributed by atoms with Gasteiger partial charge >= 0.3 is 0 Å². The molecule has 1 saturated heterocycles. The molecular weight excluding hydrogens is 290 g/mol. The van der Waals surface area contributed by atoms with Gasteiger partial charge in [-0.15, -0.1) is 0 Å². The highest BCUT2D eigenvalue weighted by atomic mass is 16.5. The molecule has 5 nitrogen and oxygen atoms in total. The summed E-state index contributed by atoms with van der Waals surface area (Å²) < 4.78 is 7.77. The Kier molecular flexibility index (Phi) is 3.50. The molecule has 0 aliphatic carbocycles. The summed E-state index contributed by atoms with van der Waals surface area (Å²) in [4.78, 5) is 19.2. The van der Waals surface area contributed by atoms with Gasteiger partial charge in [-0.3, -0.25) is 4.79 Å². The monoisotopic (exact) mass is 309 g/mol. The molecule has 1 unspecified atom stereocenters. The first-order chi connectivity index (χ1) is 11.2. The standard InChI is InChI=1S/C18H19N3O2/c1-12-8-14(9-19-18(12)22)17-20-15-4-2-3-5-16(15)21(17)10-13-6-7-23-11-13/h2-5,8-9,13H,6-7,10-11H2,1H3,(H,19,22). The number of H-pyrrole nitrogens is 1. The van der Waals surface area contributed by atoms with Crippen molar-refractivity contribution in [1.82, 2.24) is 14.5 Å². The van der Waals surface area contributed by atoms with Crippen molar-refractivity contribution in [2.75, 3.05) is 13.2 Å². The lowest BCUT2D eigenvalue weighted by Gasteiger charge is -2.13. The van der Waals surface area contributed by atoms with Crippen molar-refractivity contribution in [1.29, 1.82) is 0 Å². The van der Waals surface area contributed by atoms with E-state index in [4.69, 9.17) is 9.72 Å². The number of fused-ring (bicyclic) bond motifs is 1. The van der Waals surface area contributed by atoms with Gasteiger partial charge in [0, 0.05) is 36.4 Å². The first-order valence-corrected chi connectivity index (χ1v) is 7.95. The lowest BCUT2D eigenvalue weighted by molar-refractivity contribution is 0.183. The molecule has 0 amide bonds. The quantitative estimate of drug-likeness (QED) is 0.809. The maximum Gasteiger partial charge on any atom is 0.250 e. The van der Waals surface area contributed by atoms with E-state index in [0.717, 1.165) is 48.6 Å². The van der Waals surface area contributed by atoms with Gasteiger partial charge in [-0.1, -0.05) is 12.1 Å². The number of pyridine rings is 1. The largest absolute Gasteiger partial charge is 0.381 e. The van der Waals surface area contributed by atoms with Gasteiger partial charge in [0.25, 0.3) is 5.56 Å². The molecule has 5 heteroatoms. The predicted octanol–water partition coefficient (Wildman–Crippen LogP) is 2.74. The average Bonchev–Trinajstić information content (AvgIpc) is 3.19. The summed E-state index contributed by atoms with van der Waals surface area (Å²) in [6.45, 7) is 4.34. The number of aromatic amines is 1. The summed E-state index contributed by atoms with van der Waals surface area (Å²) in [5, 5.41) is 0. The van der Waals surface area contributed by atoms with E-state index in [-0.39, 0.29) is 5.56 Å². The molecule has 118 valence electrons. The van der Waals surface area contributed by atoms with Crippen molar-refractivity contribution in [3.8, 4) is 11.4 Å². The van der Waals surface area contributed by atoms with Crippen LogP contribution in [0.4, 0.5) is 0 Å². The van der Waals surface area contributed by atoms with Crippen molar-refractivity contribution < 1.29 is 4.74 Å². The third-order valence-electron chi connectivity index (χ3n) is 4.47. The number of nitrogens with one attached hydrogen (secondary N) is 1. The van der Waals surface area contributed by atoms with Crippen molar-refractivity contribution in [2.24, 2.45) is 5.92 Å². The molecule has 3 aromatic rings. The van der Waals surface area contributed by atoms with Crippen LogP contribution in [0.15, 0.2) is 41.3 Å². The number of hydrogen-bond donors (Lipinski definition) is 1. The smallest absolute Gasteiger partial charge is 0.250 e. The zero-order chi connectivity index (χ0) is 15.8. The molecule has 23 heavy (non-hydrogen) atoms. The van der Waals surface area contributed by atoms with Crippen LogP contribution >= 0.6 is 0 Å². The molecular formula is C18H19N3O2. The zero-order valence-electron chi connectivity index (χ0n) is 13.1. The van der Waals surface area contributed by atoms with E-state index >= 15 is 0 Å². The lowest BCUT2D eigenvalue weighted by Crippen LogP contribution is -2.13. The molecule has 0 saturated carbocycles. The van der Waals surface area contributed by atoms with E-state index in [1.165, 1.54) is 0 Å². The highest BCUT2D eigenvalue weighted by Gasteiger charge is 2.20. The molecule has 1 N–H and O–H groups in total.